The molecule has 0 saturated carbocycles. The molecule has 0 unspecified atom stereocenters. The van der Waals surface area contributed by atoms with Crippen LogP contribution in [0.5, 0.6) is 5.75 Å². The zero-order valence-corrected chi connectivity index (χ0v) is 17.7. The molecule has 1 fully saturated rings. The predicted molar refractivity (Wildman–Crippen MR) is 113 cm³/mol. The molecule has 32 heavy (non-hydrogen) atoms. The van der Waals surface area contributed by atoms with Crippen LogP contribution in [0.3, 0.4) is 0 Å². The third kappa shape index (κ3) is 5.60. The SMILES string of the molecule is COc1ccc(NC(=O)CN2CCN(c3ccc(C(F)(F)F)cc3[N+](=O)[O-])CC2)cc1Cl. The Balaban J connectivity index is 1.60. The topological polar surface area (TPSA) is 88.0 Å². The zero-order chi connectivity index (χ0) is 23.5. The number of ether oxygens (including phenoxy) is 1. The Morgan fingerprint density at radius 2 is 1.88 bits per heavy atom. The molecule has 1 aliphatic rings. The van der Waals surface area contributed by atoms with Crippen LogP contribution >= 0.6 is 11.6 Å². The van der Waals surface area contributed by atoms with Gasteiger partial charge in [-0.05, 0) is 30.3 Å². The van der Waals surface area contributed by atoms with E-state index in [-0.39, 0.29) is 18.1 Å². The molecule has 0 bridgehead atoms. The third-order valence-corrected chi connectivity index (χ3v) is 5.31. The second-order valence-electron chi connectivity index (χ2n) is 7.12. The Morgan fingerprint density at radius 1 is 1.19 bits per heavy atom. The van der Waals surface area contributed by atoms with Gasteiger partial charge in [0.1, 0.15) is 11.4 Å². The standard InChI is InChI=1S/C20H20ClF3N4O4/c1-32-18-5-3-14(11-15(18)21)25-19(29)12-26-6-8-27(9-7-26)16-4-2-13(20(22,23)24)10-17(16)28(30)31/h2-5,10-11H,6-9,12H2,1H3,(H,25,29). The number of benzene rings is 2. The van der Waals surface area contributed by atoms with Crippen LogP contribution in [-0.4, -0.2) is 55.6 Å². The van der Waals surface area contributed by atoms with Crippen molar-refractivity contribution in [2.24, 2.45) is 0 Å². The monoisotopic (exact) mass is 472 g/mol. The number of nitrogens with zero attached hydrogens (tertiary/aromatic N) is 3. The van der Waals surface area contributed by atoms with Crippen LogP contribution in [-0.2, 0) is 11.0 Å². The second kappa shape index (κ2) is 9.61. The molecule has 0 radical (unpaired) electrons. The maximum Gasteiger partial charge on any atom is 0.416 e. The Kier molecular flexibility index (Phi) is 7.09. The Hall–Kier alpha value is -3.05. The molecule has 1 N–H and O–H groups in total. The number of piperazine rings is 1. The highest BCUT2D eigenvalue weighted by Gasteiger charge is 2.34. The van der Waals surface area contributed by atoms with E-state index in [1.807, 2.05) is 4.90 Å². The quantitative estimate of drug-likeness (QED) is 0.504. The van der Waals surface area contributed by atoms with E-state index in [9.17, 15) is 28.1 Å². The highest BCUT2D eigenvalue weighted by Crippen LogP contribution is 2.36. The third-order valence-electron chi connectivity index (χ3n) is 5.02. The van der Waals surface area contributed by atoms with Gasteiger partial charge in [0.15, 0.2) is 0 Å². The summed E-state index contributed by atoms with van der Waals surface area (Å²) in [5.41, 5.74) is -1.02. The number of nitro benzene ring substituents is 1. The van der Waals surface area contributed by atoms with Crippen LogP contribution in [0.15, 0.2) is 36.4 Å². The number of carbonyl (C=O) groups excluding carboxylic acids is 1. The van der Waals surface area contributed by atoms with Gasteiger partial charge in [-0.1, -0.05) is 11.6 Å². The van der Waals surface area contributed by atoms with Gasteiger partial charge in [-0.2, -0.15) is 13.2 Å². The fourth-order valence-electron chi connectivity index (χ4n) is 3.41. The first kappa shape index (κ1) is 23.6. The van der Waals surface area contributed by atoms with Crippen molar-refractivity contribution in [1.82, 2.24) is 4.90 Å². The molecule has 0 aliphatic carbocycles. The molecule has 3 rings (SSSR count). The first-order chi connectivity index (χ1) is 15.1. The minimum atomic E-state index is -4.66. The molecule has 2 aromatic rings. The molecule has 1 saturated heterocycles. The number of carbonyl (C=O) groups is 1. The van der Waals surface area contributed by atoms with Crippen molar-refractivity contribution in [2.45, 2.75) is 6.18 Å². The van der Waals surface area contributed by atoms with E-state index >= 15 is 0 Å². The van der Waals surface area contributed by atoms with Crippen LogP contribution in [0.1, 0.15) is 5.56 Å². The molecular weight excluding hydrogens is 453 g/mol. The number of nitrogens with one attached hydrogen (secondary N) is 1. The molecule has 8 nitrogen and oxygen atoms in total. The summed E-state index contributed by atoms with van der Waals surface area (Å²) in [5.74, 6) is 0.221. The van der Waals surface area contributed by atoms with Crippen molar-refractivity contribution in [1.29, 1.82) is 0 Å². The summed E-state index contributed by atoms with van der Waals surface area (Å²) in [6.07, 6.45) is -4.66. The molecule has 1 amide bonds. The summed E-state index contributed by atoms with van der Waals surface area (Å²) < 4.78 is 43.8. The maximum absolute atomic E-state index is 12.9. The van der Waals surface area contributed by atoms with Gasteiger partial charge >= 0.3 is 6.18 Å². The number of alkyl halides is 3. The van der Waals surface area contributed by atoms with Gasteiger partial charge in [-0.3, -0.25) is 19.8 Å². The lowest BCUT2D eigenvalue weighted by molar-refractivity contribution is -0.384. The summed E-state index contributed by atoms with van der Waals surface area (Å²) in [6, 6.07) is 7.37. The van der Waals surface area contributed by atoms with Gasteiger partial charge in [-0.25, -0.2) is 0 Å². The largest absolute Gasteiger partial charge is 0.495 e. The van der Waals surface area contributed by atoms with Gasteiger partial charge in [0.05, 0.1) is 29.2 Å². The van der Waals surface area contributed by atoms with Crippen LogP contribution in [0, 0.1) is 10.1 Å². The fourth-order valence-corrected chi connectivity index (χ4v) is 3.67. The molecule has 0 aromatic heterocycles. The van der Waals surface area contributed by atoms with Crippen LogP contribution in [0.2, 0.25) is 5.02 Å². The average Bonchev–Trinajstić information content (AvgIpc) is 2.73. The zero-order valence-electron chi connectivity index (χ0n) is 17.0. The lowest BCUT2D eigenvalue weighted by Crippen LogP contribution is -2.48. The highest BCUT2D eigenvalue weighted by atomic mass is 35.5. The predicted octanol–water partition coefficient (Wildman–Crippen LogP) is 4.04. The van der Waals surface area contributed by atoms with E-state index < -0.39 is 22.4 Å². The van der Waals surface area contributed by atoms with E-state index in [2.05, 4.69) is 5.32 Å². The fraction of sp³-hybridized carbons (Fsp3) is 0.350. The van der Waals surface area contributed by atoms with Crippen molar-refractivity contribution >= 4 is 34.6 Å². The second-order valence-corrected chi connectivity index (χ2v) is 7.53. The van der Waals surface area contributed by atoms with Crippen molar-refractivity contribution in [3.8, 4) is 5.75 Å². The first-order valence-corrected chi connectivity index (χ1v) is 9.92. The lowest BCUT2D eigenvalue weighted by atomic mass is 10.1. The molecule has 2 aromatic carbocycles. The number of hydrogen-bond acceptors (Lipinski definition) is 6. The Morgan fingerprint density at radius 3 is 2.44 bits per heavy atom. The van der Waals surface area contributed by atoms with Crippen molar-refractivity contribution in [2.75, 3.05) is 50.1 Å². The first-order valence-electron chi connectivity index (χ1n) is 9.55. The van der Waals surface area contributed by atoms with E-state index in [0.29, 0.717) is 48.7 Å². The maximum atomic E-state index is 12.9. The Labute approximate surface area is 186 Å². The Bertz CT molecular complexity index is 1010. The highest BCUT2D eigenvalue weighted by molar-refractivity contribution is 6.32. The summed E-state index contributed by atoms with van der Waals surface area (Å²) in [5, 5.41) is 14.4. The minimum Gasteiger partial charge on any atom is -0.495 e. The summed E-state index contributed by atoms with van der Waals surface area (Å²) in [6.45, 7) is 1.57. The van der Waals surface area contributed by atoms with Crippen molar-refractivity contribution in [3.05, 3.63) is 57.1 Å². The van der Waals surface area contributed by atoms with Crippen LogP contribution < -0.4 is 15.0 Å². The average molecular weight is 473 g/mol. The van der Waals surface area contributed by atoms with Crippen molar-refractivity contribution < 1.29 is 27.6 Å². The number of hydrogen-bond donors (Lipinski definition) is 1. The van der Waals surface area contributed by atoms with E-state index in [1.165, 1.54) is 7.11 Å². The van der Waals surface area contributed by atoms with E-state index in [4.69, 9.17) is 16.3 Å². The number of rotatable bonds is 6. The van der Waals surface area contributed by atoms with E-state index in [0.717, 1.165) is 12.1 Å². The summed E-state index contributed by atoms with van der Waals surface area (Å²) in [7, 11) is 1.48. The number of nitro groups is 1. The van der Waals surface area contributed by atoms with E-state index in [1.54, 1.807) is 23.1 Å². The molecule has 12 heteroatoms. The molecular formula is C20H20ClF3N4O4. The van der Waals surface area contributed by atoms with Gasteiger partial charge in [-0.15, -0.1) is 0 Å². The van der Waals surface area contributed by atoms with Crippen LogP contribution in [0.4, 0.5) is 30.2 Å². The minimum absolute atomic E-state index is 0.0899. The number of halogens is 4. The lowest BCUT2D eigenvalue weighted by Gasteiger charge is -2.35. The smallest absolute Gasteiger partial charge is 0.416 e. The number of anilines is 2. The van der Waals surface area contributed by atoms with Crippen LogP contribution in [0.25, 0.3) is 0 Å². The van der Waals surface area contributed by atoms with Crippen molar-refractivity contribution in [3.63, 3.8) is 0 Å². The van der Waals surface area contributed by atoms with Gasteiger partial charge in [0, 0.05) is 37.9 Å². The summed E-state index contributed by atoms with van der Waals surface area (Å²) >= 11 is 6.05. The summed E-state index contributed by atoms with van der Waals surface area (Å²) in [4.78, 5) is 26.3. The molecule has 1 aliphatic heterocycles. The van der Waals surface area contributed by atoms with Gasteiger partial charge < -0.3 is 15.0 Å². The molecule has 0 spiro atoms. The van der Waals surface area contributed by atoms with Gasteiger partial charge in [0.2, 0.25) is 5.91 Å². The number of amides is 1. The molecule has 1 heterocycles. The normalized spacial score (nSPS) is 14.8. The number of methoxy groups -OCH3 is 1. The molecule has 172 valence electrons. The molecule has 0 atom stereocenters. The van der Waals surface area contributed by atoms with Gasteiger partial charge in [0.25, 0.3) is 5.69 Å².